The number of unbranched alkanes of at least 4 members (excludes halogenated alkanes) is 2. The number of nitrogens with one attached hydrogen (secondary N) is 2. The van der Waals surface area contributed by atoms with Gasteiger partial charge in [-0.2, -0.15) is 0 Å². The predicted molar refractivity (Wildman–Crippen MR) is 84.5 cm³/mol. The molecule has 1 aromatic rings. The molecule has 1 atom stereocenters. The van der Waals surface area contributed by atoms with Crippen molar-refractivity contribution in [1.82, 2.24) is 0 Å². The van der Waals surface area contributed by atoms with Crippen LogP contribution < -0.4 is 15.4 Å². The lowest BCUT2D eigenvalue weighted by molar-refractivity contribution is -0.114. The molecule has 0 aliphatic carbocycles. The maximum atomic E-state index is 11.1. The fourth-order valence-corrected chi connectivity index (χ4v) is 2.14. The first kappa shape index (κ1) is 16.3. The van der Waals surface area contributed by atoms with Gasteiger partial charge in [0.2, 0.25) is 5.91 Å². The largest absolute Gasteiger partial charge is 0.495 e. The smallest absolute Gasteiger partial charge is 0.221 e. The van der Waals surface area contributed by atoms with Crippen LogP contribution in [0.25, 0.3) is 0 Å². The Hall–Kier alpha value is -1.71. The number of hydrogen-bond acceptors (Lipinski definition) is 3. The minimum absolute atomic E-state index is 0.0721. The van der Waals surface area contributed by atoms with E-state index >= 15 is 0 Å². The molecule has 0 unspecified atom stereocenters. The summed E-state index contributed by atoms with van der Waals surface area (Å²) in [6.07, 6.45) is 4.84. The van der Waals surface area contributed by atoms with Crippen LogP contribution in [0, 0.1) is 0 Å². The molecule has 0 aromatic heterocycles. The van der Waals surface area contributed by atoms with Gasteiger partial charge in [-0.3, -0.25) is 4.79 Å². The third-order valence-electron chi connectivity index (χ3n) is 3.16. The van der Waals surface area contributed by atoms with E-state index in [9.17, 15) is 4.79 Å². The van der Waals surface area contributed by atoms with Gasteiger partial charge in [0.25, 0.3) is 0 Å². The second-order valence-electron chi connectivity index (χ2n) is 5.14. The molecule has 112 valence electrons. The average Bonchev–Trinajstić information content (AvgIpc) is 2.38. The second-order valence-corrected chi connectivity index (χ2v) is 5.14. The SMILES string of the molecule is CCCCC[C@@H](C)Nc1cc(NC(C)=O)ccc1OC. The number of hydrogen-bond donors (Lipinski definition) is 2. The van der Waals surface area contributed by atoms with E-state index in [1.165, 1.54) is 26.2 Å². The maximum Gasteiger partial charge on any atom is 0.221 e. The summed E-state index contributed by atoms with van der Waals surface area (Å²) in [7, 11) is 1.65. The molecule has 4 nitrogen and oxygen atoms in total. The zero-order chi connectivity index (χ0) is 15.0. The molecule has 20 heavy (non-hydrogen) atoms. The Morgan fingerprint density at radius 3 is 2.70 bits per heavy atom. The molecular formula is C16H26N2O2. The quantitative estimate of drug-likeness (QED) is 0.706. The molecule has 0 radical (unpaired) electrons. The topological polar surface area (TPSA) is 50.4 Å². The van der Waals surface area contributed by atoms with E-state index in [0.717, 1.165) is 23.5 Å². The number of methoxy groups -OCH3 is 1. The Balaban J connectivity index is 2.72. The molecule has 1 aromatic carbocycles. The van der Waals surface area contributed by atoms with Gasteiger partial charge in [-0.05, 0) is 31.5 Å². The summed E-state index contributed by atoms with van der Waals surface area (Å²) in [5.74, 6) is 0.721. The number of rotatable bonds is 8. The van der Waals surface area contributed by atoms with E-state index in [2.05, 4.69) is 24.5 Å². The Morgan fingerprint density at radius 2 is 2.10 bits per heavy atom. The van der Waals surface area contributed by atoms with Crippen LogP contribution in [-0.4, -0.2) is 19.1 Å². The van der Waals surface area contributed by atoms with Crippen molar-refractivity contribution in [2.24, 2.45) is 0 Å². The molecule has 1 rings (SSSR count). The normalized spacial score (nSPS) is 11.8. The zero-order valence-electron chi connectivity index (χ0n) is 13.0. The zero-order valence-corrected chi connectivity index (χ0v) is 13.0. The van der Waals surface area contributed by atoms with Crippen molar-refractivity contribution >= 4 is 17.3 Å². The molecule has 0 heterocycles. The van der Waals surface area contributed by atoms with Gasteiger partial charge in [-0.25, -0.2) is 0 Å². The third kappa shape index (κ3) is 5.51. The van der Waals surface area contributed by atoms with Crippen LogP contribution in [0.1, 0.15) is 46.5 Å². The van der Waals surface area contributed by atoms with Crippen molar-refractivity contribution < 1.29 is 9.53 Å². The van der Waals surface area contributed by atoms with E-state index in [4.69, 9.17) is 4.74 Å². The summed E-state index contributed by atoms with van der Waals surface area (Å²) in [4.78, 5) is 11.1. The van der Waals surface area contributed by atoms with E-state index in [-0.39, 0.29) is 5.91 Å². The van der Waals surface area contributed by atoms with Gasteiger partial charge in [-0.15, -0.1) is 0 Å². The van der Waals surface area contributed by atoms with Crippen LogP contribution >= 0.6 is 0 Å². The first-order valence-electron chi connectivity index (χ1n) is 7.29. The number of carbonyl (C=O) groups is 1. The molecule has 0 aliphatic heterocycles. The van der Waals surface area contributed by atoms with Gasteiger partial charge in [0, 0.05) is 18.7 Å². The van der Waals surface area contributed by atoms with Crippen LogP contribution in [0.4, 0.5) is 11.4 Å². The van der Waals surface area contributed by atoms with E-state index < -0.39 is 0 Å². The van der Waals surface area contributed by atoms with Crippen molar-refractivity contribution in [3.8, 4) is 5.75 Å². The first-order chi connectivity index (χ1) is 9.56. The molecular weight excluding hydrogens is 252 g/mol. The highest BCUT2D eigenvalue weighted by Gasteiger charge is 2.08. The van der Waals surface area contributed by atoms with Crippen LogP contribution in [-0.2, 0) is 4.79 Å². The van der Waals surface area contributed by atoms with Gasteiger partial charge in [-0.1, -0.05) is 26.2 Å². The Labute approximate surface area is 121 Å². The fourth-order valence-electron chi connectivity index (χ4n) is 2.14. The fraction of sp³-hybridized carbons (Fsp3) is 0.562. The lowest BCUT2D eigenvalue weighted by Crippen LogP contribution is -2.16. The minimum atomic E-state index is -0.0721. The molecule has 1 amide bonds. The number of benzene rings is 1. The summed E-state index contributed by atoms with van der Waals surface area (Å²) < 4.78 is 5.36. The molecule has 0 fully saturated rings. The van der Waals surface area contributed by atoms with Crippen molar-refractivity contribution in [3.63, 3.8) is 0 Å². The summed E-state index contributed by atoms with van der Waals surface area (Å²) in [6, 6.07) is 6.00. The van der Waals surface area contributed by atoms with Crippen molar-refractivity contribution in [3.05, 3.63) is 18.2 Å². The Bertz CT molecular complexity index is 432. The average molecular weight is 278 g/mol. The highest BCUT2D eigenvalue weighted by atomic mass is 16.5. The highest BCUT2D eigenvalue weighted by Crippen LogP contribution is 2.29. The van der Waals surface area contributed by atoms with Gasteiger partial charge >= 0.3 is 0 Å². The summed E-state index contributed by atoms with van der Waals surface area (Å²) in [5.41, 5.74) is 1.70. The molecule has 4 heteroatoms. The van der Waals surface area contributed by atoms with Crippen LogP contribution in [0.15, 0.2) is 18.2 Å². The van der Waals surface area contributed by atoms with Crippen molar-refractivity contribution in [2.45, 2.75) is 52.5 Å². The molecule has 0 saturated heterocycles. The van der Waals surface area contributed by atoms with Crippen molar-refractivity contribution in [2.75, 3.05) is 17.7 Å². The number of carbonyl (C=O) groups excluding carboxylic acids is 1. The Morgan fingerprint density at radius 1 is 1.35 bits per heavy atom. The monoisotopic (exact) mass is 278 g/mol. The highest BCUT2D eigenvalue weighted by molar-refractivity contribution is 5.89. The number of amides is 1. The van der Waals surface area contributed by atoms with Gasteiger partial charge < -0.3 is 15.4 Å². The van der Waals surface area contributed by atoms with Gasteiger partial charge in [0.15, 0.2) is 0 Å². The summed E-state index contributed by atoms with van der Waals surface area (Å²) >= 11 is 0. The van der Waals surface area contributed by atoms with Crippen LogP contribution in [0.3, 0.4) is 0 Å². The molecule has 0 spiro atoms. The molecule has 0 aliphatic rings. The molecule has 2 N–H and O–H groups in total. The predicted octanol–water partition coefficient (Wildman–Crippen LogP) is 4.03. The lowest BCUT2D eigenvalue weighted by atomic mass is 10.1. The van der Waals surface area contributed by atoms with Crippen molar-refractivity contribution in [1.29, 1.82) is 0 Å². The maximum absolute atomic E-state index is 11.1. The number of ether oxygens (including phenoxy) is 1. The van der Waals surface area contributed by atoms with E-state index in [1.807, 2.05) is 18.2 Å². The first-order valence-corrected chi connectivity index (χ1v) is 7.29. The summed E-state index contributed by atoms with van der Waals surface area (Å²) in [5, 5.41) is 6.25. The van der Waals surface area contributed by atoms with Gasteiger partial charge in [0.1, 0.15) is 5.75 Å². The third-order valence-corrected chi connectivity index (χ3v) is 3.16. The van der Waals surface area contributed by atoms with Crippen LogP contribution in [0.5, 0.6) is 5.75 Å². The second kappa shape index (κ2) is 8.46. The molecule has 0 saturated carbocycles. The van der Waals surface area contributed by atoms with E-state index in [1.54, 1.807) is 7.11 Å². The molecule has 0 bridgehead atoms. The minimum Gasteiger partial charge on any atom is -0.495 e. The number of anilines is 2. The van der Waals surface area contributed by atoms with E-state index in [0.29, 0.717) is 6.04 Å². The lowest BCUT2D eigenvalue weighted by Gasteiger charge is -2.18. The standard InChI is InChI=1S/C16H26N2O2/c1-5-6-7-8-12(2)17-15-11-14(18-13(3)19)9-10-16(15)20-4/h9-12,17H,5-8H2,1-4H3,(H,18,19)/t12-/m1/s1. The summed E-state index contributed by atoms with van der Waals surface area (Å²) in [6.45, 7) is 5.88. The Kier molecular flexibility index (Phi) is 6.91. The van der Waals surface area contributed by atoms with Crippen LogP contribution in [0.2, 0.25) is 0 Å². The van der Waals surface area contributed by atoms with Gasteiger partial charge in [0.05, 0.1) is 12.8 Å².